The summed E-state index contributed by atoms with van der Waals surface area (Å²) >= 11 is 0. The predicted octanol–water partition coefficient (Wildman–Crippen LogP) is 5.29. The zero-order valence-electron chi connectivity index (χ0n) is 21.7. The summed E-state index contributed by atoms with van der Waals surface area (Å²) < 4.78 is 5.74. The fourth-order valence-corrected chi connectivity index (χ4v) is 4.78. The lowest BCUT2D eigenvalue weighted by molar-refractivity contribution is -0.132. The number of ether oxygens (including phenoxy) is 1. The number of aromatic carboxylic acids is 1. The number of aliphatic hydroxyl groups excluding tert-OH is 1. The number of fused-ring (bicyclic) bond motifs is 1. The number of rotatable bonds is 7. The number of amides is 1. The molecule has 3 N–H and O–H groups in total. The van der Waals surface area contributed by atoms with Gasteiger partial charge < -0.3 is 19.9 Å². The number of nitrogens with zero attached hydrogens (tertiary/aromatic N) is 2. The number of aliphatic hydroxyl groups is 1. The molecule has 4 aromatic rings. The van der Waals surface area contributed by atoms with E-state index in [-0.39, 0.29) is 22.8 Å². The molecule has 198 valence electrons. The fourth-order valence-electron chi connectivity index (χ4n) is 4.78. The molecule has 1 fully saturated rings. The third kappa shape index (κ3) is 4.63. The van der Waals surface area contributed by atoms with Crippen LogP contribution in [0, 0.1) is 13.8 Å². The number of carbonyl (C=O) groups excluding carboxylic acids is 2. The second-order valence-corrected chi connectivity index (χ2v) is 9.51. The van der Waals surface area contributed by atoms with Gasteiger partial charge in [-0.3, -0.25) is 14.5 Å². The van der Waals surface area contributed by atoms with Gasteiger partial charge in [-0.05, 0) is 67.8 Å². The molecule has 1 amide bonds. The van der Waals surface area contributed by atoms with Gasteiger partial charge >= 0.3 is 11.9 Å². The van der Waals surface area contributed by atoms with E-state index in [1.165, 1.54) is 23.1 Å². The van der Waals surface area contributed by atoms with E-state index < -0.39 is 23.7 Å². The normalized spacial score (nSPS) is 16.7. The van der Waals surface area contributed by atoms with Crippen LogP contribution in [0.2, 0.25) is 0 Å². The van der Waals surface area contributed by atoms with E-state index in [0.717, 1.165) is 17.5 Å². The number of Topliss-reactive ketones (excluding diaryl/α,β-unsaturated/α-hetero) is 1. The van der Waals surface area contributed by atoms with Gasteiger partial charge in [0.25, 0.3) is 5.78 Å². The topological polar surface area (TPSA) is 133 Å². The molecule has 0 radical (unpaired) electrons. The average molecular weight is 526 g/mol. The SMILES string of the molecule is CCCOc1ccc(/C(O)=C2\C(=O)C(=O)N(c3nc4ccc(C(=O)O)cc4[nH]3)C2c2cccc(C)c2)cc1C. The summed E-state index contributed by atoms with van der Waals surface area (Å²) in [5.41, 5.74) is 3.48. The Morgan fingerprint density at radius 2 is 1.79 bits per heavy atom. The highest BCUT2D eigenvalue weighted by Crippen LogP contribution is 2.42. The number of benzene rings is 3. The maximum atomic E-state index is 13.5. The molecule has 0 saturated carbocycles. The van der Waals surface area contributed by atoms with Crippen molar-refractivity contribution >= 4 is 40.4 Å². The maximum Gasteiger partial charge on any atom is 0.335 e. The van der Waals surface area contributed by atoms with Crippen LogP contribution in [0.15, 0.2) is 66.2 Å². The van der Waals surface area contributed by atoms with Crippen molar-refractivity contribution in [3.05, 3.63) is 94.1 Å². The van der Waals surface area contributed by atoms with Gasteiger partial charge in [0, 0.05) is 5.56 Å². The number of ketones is 1. The number of hydrogen-bond acceptors (Lipinski definition) is 6. The van der Waals surface area contributed by atoms with Crippen molar-refractivity contribution in [1.29, 1.82) is 0 Å². The standard InChI is InChI=1S/C30H27N3O6/c1-4-12-39-23-11-9-19(14-17(23)3)26(34)24-25(18-7-5-6-16(2)13-18)33(28(36)27(24)35)30-31-21-10-8-20(29(37)38)15-22(21)32-30/h5-11,13-15,25,34H,4,12H2,1-3H3,(H,31,32)(H,37,38)/b26-24+. The summed E-state index contributed by atoms with van der Waals surface area (Å²) in [6, 6.07) is 15.8. The highest BCUT2D eigenvalue weighted by atomic mass is 16.5. The van der Waals surface area contributed by atoms with Crippen molar-refractivity contribution in [2.24, 2.45) is 0 Å². The fraction of sp³-hybridized carbons (Fsp3) is 0.200. The largest absolute Gasteiger partial charge is 0.507 e. The zero-order chi connectivity index (χ0) is 27.8. The quantitative estimate of drug-likeness (QED) is 0.170. The Bertz CT molecular complexity index is 1670. The number of imidazole rings is 1. The molecular weight excluding hydrogens is 498 g/mol. The number of aromatic amines is 1. The van der Waals surface area contributed by atoms with Crippen LogP contribution in [0.3, 0.4) is 0 Å². The molecule has 0 spiro atoms. The molecule has 5 rings (SSSR count). The molecule has 1 aliphatic heterocycles. The van der Waals surface area contributed by atoms with E-state index in [4.69, 9.17) is 4.74 Å². The van der Waals surface area contributed by atoms with E-state index in [1.54, 1.807) is 24.3 Å². The van der Waals surface area contributed by atoms with E-state index >= 15 is 0 Å². The Kier molecular flexibility index (Phi) is 6.66. The first-order valence-electron chi connectivity index (χ1n) is 12.5. The Morgan fingerprint density at radius 1 is 1.03 bits per heavy atom. The van der Waals surface area contributed by atoms with Crippen molar-refractivity contribution in [3.8, 4) is 5.75 Å². The number of carbonyl (C=O) groups is 3. The summed E-state index contributed by atoms with van der Waals surface area (Å²) in [5.74, 6) is -2.38. The molecule has 1 atom stereocenters. The molecule has 39 heavy (non-hydrogen) atoms. The number of carboxylic acids is 1. The van der Waals surface area contributed by atoms with Crippen molar-refractivity contribution in [3.63, 3.8) is 0 Å². The molecule has 9 heteroatoms. The van der Waals surface area contributed by atoms with Gasteiger partial charge in [-0.1, -0.05) is 36.8 Å². The van der Waals surface area contributed by atoms with Gasteiger partial charge in [0.1, 0.15) is 11.5 Å². The third-order valence-electron chi connectivity index (χ3n) is 6.66. The van der Waals surface area contributed by atoms with Gasteiger partial charge in [0.05, 0.1) is 34.8 Å². The lowest BCUT2D eigenvalue weighted by Crippen LogP contribution is -2.30. The lowest BCUT2D eigenvalue weighted by Gasteiger charge is -2.23. The van der Waals surface area contributed by atoms with Crippen LogP contribution in [0.1, 0.15) is 52.0 Å². The maximum absolute atomic E-state index is 13.5. The first-order valence-corrected chi connectivity index (χ1v) is 12.5. The number of anilines is 1. The molecule has 3 aromatic carbocycles. The van der Waals surface area contributed by atoms with Crippen LogP contribution in [-0.4, -0.2) is 44.4 Å². The number of H-pyrrole nitrogens is 1. The van der Waals surface area contributed by atoms with Crippen LogP contribution < -0.4 is 9.64 Å². The van der Waals surface area contributed by atoms with Crippen LogP contribution in [0.4, 0.5) is 5.95 Å². The van der Waals surface area contributed by atoms with Crippen molar-refractivity contribution < 1.29 is 29.3 Å². The van der Waals surface area contributed by atoms with E-state index in [1.807, 2.05) is 39.0 Å². The van der Waals surface area contributed by atoms with Crippen LogP contribution >= 0.6 is 0 Å². The number of aromatic nitrogens is 2. The monoisotopic (exact) mass is 525 g/mol. The first-order chi connectivity index (χ1) is 18.7. The molecule has 0 bridgehead atoms. The van der Waals surface area contributed by atoms with E-state index in [0.29, 0.717) is 34.5 Å². The number of nitrogens with one attached hydrogen (secondary N) is 1. The molecule has 0 aliphatic carbocycles. The predicted molar refractivity (Wildman–Crippen MR) is 146 cm³/mol. The minimum atomic E-state index is -1.10. The molecule has 1 aromatic heterocycles. The molecule has 2 heterocycles. The summed E-state index contributed by atoms with van der Waals surface area (Å²) in [6.07, 6.45) is 0.848. The highest BCUT2D eigenvalue weighted by molar-refractivity contribution is 6.51. The van der Waals surface area contributed by atoms with Gasteiger partial charge in [0.2, 0.25) is 5.95 Å². The molecule has 1 aliphatic rings. The lowest BCUT2D eigenvalue weighted by atomic mass is 9.94. The summed E-state index contributed by atoms with van der Waals surface area (Å²) in [7, 11) is 0. The van der Waals surface area contributed by atoms with Gasteiger partial charge in [0.15, 0.2) is 0 Å². The van der Waals surface area contributed by atoms with Crippen molar-refractivity contribution in [2.45, 2.75) is 33.2 Å². The Balaban J connectivity index is 1.67. The molecule has 1 saturated heterocycles. The minimum absolute atomic E-state index is 0.0525. The first kappa shape index (κ1) is 25.7. The Hall–Kier alpha value is -4.92. The average Bonchev–Trinajstić information content (AvgIpc) is 3.45. The third-order valence-corrected chi connectivity index (χ3v) is 6.66. The molecular formula is C30H27N3O6. The van der Waals surface area contributed by atoms with Crippen molar-refractivity contribution in [1.82, 2.24) is 9.97 Å². The van der Waals surface area contributed by atoms with E-state index in [2.05, 4.69) is 9.97 Å². The van der Waals surface area contributed by atoms with Crippen LogP contribution in [0.5, 0.6) is 5.75 Å². The highest BCUT2D eigenvalue weighted by Gasteiger charge is 2.48. The smallest absolute Gasteiger partial charge is 0.335 e. The van der Waals surface area contributed by atoms with Gasteiger partial charge in [-0.25, -0.2) is 9.78 Å². The van der Waals surface area contributed by atoms with Crippen molar-refractivity contribution in [2.75, 3.05) is 11.5 Å². The number of carboxylic acid groups (broad SMARTS) is 1. The number of aryl methyl sites for hydroxylation is 2. The minimum Gasteiger partial charge on any atom is -0.507 e. The zero-order valence-corrected chi connectivity index (χ0v) is 21.7. The Morgan fingerprint density at radius 3 is 2.49 bits per heavy atom. The summed E-state index contributed by atoms with van der Waals surface area (Å²) in [5, 5.41) is 20.8. The second-order valence-electron chi connectivity index (χ2n) is 9.51. The summed E-state index contributed by atoms with van der Waals surface area (Å²) in [6.45, 7) is 6.30. The van der Waals surface area contributed by atoms with Gasteiger partial charge in [-0.2, -0.15) is 0 Å². The molecule has 9 nitrogen and oxygen atoms in total. The van der Waals surface area contributed by atoms with E-state index in [9.17, 15) is 24.6 Å². The number of hydrogen-bond donors (Lipinski definition) is 3. The Labute approximate surface area is 224 Å². The van der Waals surface area contributed by atoms with Crippen LogP contribution in [0.25, 0.3) is 16.8 Å². The summed E-state index contributed by atoms with van der Waals surface area (Å²) in [4.78, 5) is 47.1. The van der Waals surface area contributed by atoms with Gasteiger partial charge in [-0.15, -0.1) is 0 Å². The molecule has 1 unspecified atom stereocenters. The van der Waals surface area contributed by atoms with Crippen LogP contribution in [-0.2, 0) is 9.59 Å². The second kappa shape index (κ2) is 10.1.